The number of terminal acetylenes is 1. The van der Waals surface area contributed by atoms with Crippen LogP contribution in [0.25, 0.3) is 0 Å². The number of carbonyl (C=O) groups excluding carboxylic acids is 1. The zero-order chi connectivity index (χ0) is 16.2. The average molecular weight is 298 g/mol. The third-order valence-corrected chi connectivity index (χ3v) is 2.38. The van der Waals surface area contributed by atoms with Crippen LogP contribution in [0, 0.1) is 34.1 Å². The fraction of sp³-hybridized carbons (Fsp3) is 0.167. The molecule has 0 atom stereocenters. The van der Waals surface area contributed by atoms with Crippen LogP contribution in [0.4, 0.5) is 14.5 Å². The van der Waals surface area contributed by atoms with E-state index in [1.165, 1.54) is 0 Å². The van der Waals surface area contributed by atoms with E-state index in [2.05, 4.69) is 0 Å². The Balaban J connectivity index is 3.33. The normalized spacial score (nSPS) is 9.76. The molecule has 1 aromatic rings. The van der Waals surface area contributed by atoms with E-state index >= 15 is 0 Å². The highest BCUT2D eigenvalue weighted by Crippen LogP contribution is 2.24. The van der Waals surface area contributed by atoms with E-state index in [0.717, 1.165) is 0 Å². The first kappa shape index (κ1) is 16.0. The van der Waals surface area contributed by atoms with Crippen molar-refractivity contribution in [1.82, 2.24) is 4.90 Å². The van der Waals surface area contributed by atoms with Crippen molar-refractivity contribution in [1.29, 1.82) is 0 Å². The summed E-state index contributed by atoms with van der Waals surface area (Å²) < 4.78 is 27.4. The van der Waals surface area contributed by atoms with Gasteiger partial charge in [-0.1, -0.05) is 5.92 Å². The minimum Gasteiger partial charge on any atom is -0.480 e. The lowest BCUT2D eigenvalue weighted by atomic mass is 10.1. The van der Waals surface area contributed by atoms with E-state index in [1.807, 2.05) is 5.92 Å². The van der Waals surface area contributed by atoms with E-state index in [4.69, 9.17) is 11.5 Å². The van der Waals surface area contributed by atoms with Crippen molar-refractivity contribution in [2.24, 2.45) is 0 Å². The maximum Gasteiger partial charge on any atom is 0.323 e. The second-order valence-electron chi connectivity index (χ2n) is 3.77. The Morgan fingerprint density at radius 2 is 2.05 bits per heavy atom. The van der Waals surface area contributed by atoms with Gasteiger partial charge in [-0.05, 0) is 6.07 Å². The van der Waals surface area contributed by atoms with Gasteiger partial charge in [0.15, 0.2) is 0 Å². The molecule has 0 heterocycles. The van der Waals surface area contributed by atoms with Gasteiger partial charge in [0.1, 0.15) is 17.9 Å². The van der Waals surface area contributed by atoms with Crippen LogP contribution in [0.3, 0.4) is 0 Å². The van der Waals surface area contributed by atoms with Gasteiger partial charge in [0, 0.05) is 6.07 Å². The van der Waals surface area contributed by atoms with Crippen molar-refractivity contribution in [3.63, 3.8) is 0 Å². The van der Waals surface area contributed by atoms with E-state index in [9.17, 15) is 28.5 Å². The van der Waals surface area contributed by atoms with Gasteiger partial charge in [-0.15, -0.1) is 6.42 Å². The first-order chi connectivity index (χ1) is 9.79. The number of hydrogen-bond donors (Lipinski definition) is 1. The molecule has 0 bridgehead atoms. The minimum atomic E-state index is -1.68. The third kappa shape index (κ3) is 3.50. The highest BCUT2D eigenvalue weighted by molar-refractivity contribution is 5.97. The molecule has 1 aromatic carbocycles. The van der Waals surface area contributed by atoms with Gasteiger partial charge in [-0.2, -0.15) is 4.39 Å². The van der Waals surface area contributed by atoms with Gasteiger partial charge >= 0.3 is 11.7 Å². The maximum absolute atomic E-state index is 13.8. The molecule has 110 valence electrons. The largest absolute Gasteiger partial charge is 0.480 e. The summed E-state index contributed by atoms with van der Waals surface area (Å²) in [6.45, 7) is -1.42. The van der Waals surface area contributed by atoms with Gasteiger partial charge in [0.05, 0.1) is 11.5 Å². The summed E-state index contributed by atoms with van der Waals surface area (Å²) >= 11 is 0. The topological polar surface area (TPSA) is 101 Å². The Hall–Kier alpha value is -3.02. The van der Waals surface area contributed by atoms with Crippen molar-refractivity contribution >= 4 is 17.6 Å². The summed E-state index contributed by atoms with van der Waals surface area (Å²) in [6, 6.07) is 1.10. The standard InChI is InChI=1S/C12H8F2N2O5/c1-2-5-15(6-9(17)18)12(19)10-7(13)3-4-8(11(10)14)16(20)21/h1,3-4H,5-6H2,(H,17,18). The van der Waals surface area contributed by atoms with Crippen LogP contribution in [0.1, 0.15) is 10.4 Å². The minimum absolute atomic E-state index is 0.480. The van der Waals surface area contributed by atoms with E-state index < -0.39 is 52.8 Å². The summed E-state index contributed by atoms with van der Waals surface area (Å²) in [7, 11) is 0. The van der Waals surface area contributed by atoms with Gasteiger partial charge in [0.25, 0.3) is 5.91 Å². The van der Waals surface area contributed by atoms with Crippen LogP contribution < -0.4 is 0 Å². The first-order valence-electron chi connectivity index (χ1n) is 5.36. The molecule has 0 radical (unpaired) electrons. The van der Waals surface area contributed by atoms with Crippen molar-refractivity contribution in [2.45, 2.75) is 0 Å². The molecule has 0 saturated heterocycles. The SMILES string of the molecule is C#CCN(CC(=O)O)C(=O)c1c(F)ccc([N+](=O)[O-])c1F. The van der Waals surface area contributed by atoms with E-state index in [-0.39, 0.29) is 0 Å². The number of amides is 1. The number of halogens is 2. The quantitative estimate of drug-likeness (QED) is 0.497. The highest BCUT2D eigenvalue weighted by atomic mass is 19.1. The average Bonchev–Trinajstić information content (AvgIpc) is 2.37. The van der Waals surface area contributed by atoms with Crippen LogP contribution in [0.2, 0.25) is 0 Å². The van der Waals surface area contributed by atoms with Crippen LogP contribution >= 0.6 is 0 Å². The molecular formula is C12H8F2N2O5. The number of carboxylic acids is 1. The Morgan fingerprint density at radius 3 is 2.52 bits per heavy atom. The van der Waals surface area contributed by atoms with Crippen molar-refractivity contribution in [3.05, 3.63) is 39.4 Å². The van der Waals surface area contributed by atoms with E-state index in [1.54, 1.807) is 0 Å². The van der Waals surface area contributed by atoms with Crippen LogP contribution in [-0.2, 0) is 4.79 Å². The molecule has 0 aliphatic carbocycles. The van der Waals surface area contributed by atoms with Crippen LogP contribution in [-0.4, -0.2) is 39.9 Å². The van der Waals surface area contributed by atoms with Gasteiger partial charge in [-0.3, -0.25) is 19.7 Å². The fourth-order valence-electron chi connectivity index (χ4n) is 1.51. The monoisotopic (exact) mass is 298 g/mol. The molecule has 1 amide bonds. The molecule has 1 rings (SSSR count). The maximum atomic E-state index is 13.8. The summed E-state index contributed by atoms with van der Waals surface area (Å²) in [5.74, 6) is -3.91. The summed E-state index contributed by atoms with van der Waals surface area (Å²) in [6.07, 6.45) is 4.94. The Labute approximate surface area is 116 Å². The lowest BCUT2D eigenvalue weighted by Crippen LogP contribution is -2.37. The molecule has 0 aliphatic rings. The molecular weight excluding hydrogens is 290 g/mol. The predicted molar refractivity (Wildman–Crippen MR) is 65.4 cm³/mol. The Bertz CT molecular complexity index is 654. The number of carboxylic acid groups (broad SMARTS) is 1. The fourth-order valence-corrected chi connectivity index (χ4v) is 1.51. The summed E-state index contributed by atoms with van der Waals surface area (Å²) in [5, 5.41) is 19.2. The van der Waals surface area contributed by atoms with Gasteiger partial charge < -0.3 is 10.0 Å². The lowest BCUT2D eigenvalue weighted by Gasteiger charge is -2.18. The third-order valence-electron chi connectivity index (χ3n) is 2.38. The molecule has 9 heteroatoms. The number of nitro benzene ring substituents is 1. The van der Waals surface area contributed by atoms with Crippen molar-refractivity contribution in [3.8, 4) is 12.3 Å². The molecule has 0 spiro atoms. The summed E-state index contributed by atoms with van der Waals surface area (Å²) in [5.41, 5.74) is -2.32. The number of hydrogen-bond acceptors (Lipinski definition) is 4. The molecule has 0 aromatic heterocycles. The second-order valence-corrected chi connectivity index (χ2v) is 3.77. The van der Waals surface area contributed by atoms with Gasteiger partial charge in [-0.25, -0.2) is 4.39 Å². The second kappa shape index (κ2) is 6.42. The van der Waals surface area contributed by atoms with Crippen LogP contribution in [0.15, 0.2) is 12.1 Å². The lowest BCUT2D eigenvalue weighted by molar-refractivity contribution is -0.387. The molecule has 0 fully saturated rings. The number of benzene rings is 1. The Morgan fingerprint density at radius 1 is 1.43 bits per heavy atom. The number of aliphatic carboxylic acids is 1. The number of carbonyl (C=O) groups is 2. The number of nitrogens with zero attached hydrogens (tertiary/aromatic N) is 2. The summed E-state index contributed by atoms with van der Waals surface area (Å²) in [4.78, 5) is 32.5. The first-order valence-corrected chi connectivity index (χ1v) is 5.36. The Kier molecular flexibility index (Phi) is 4.91. The predicted octanol–water partition coefficient (Wildman–Crippen LogP) is 1.03. The molecule has 0 saturated carbocycles. The highest BCUT2D eigenvalue weighted by Gasteiger charge is 2.29. The number of rotatable bonds is 5. The molecule has 0 unspecified atom stereocenters. The van der Waals surface area contributed by atoms with Crippen molar-refractivity contribution < 1.29 is 28.4 Å². The van der Waals surface area contributed by atoms with E-state index in [0.29, 0.717) is 17.0 Å². The van der Waals surface area contributed by atoms with Crippen molar-refractivity contribution in [2.75, 3.05) is 13.1 Å². The molecule has 1 N–H and O–H groups in total. The smallest absolute Gasteiger partial charge is 0.323 e. The number of nitro groups is 1. The molecule has 7 nitrogen and oxygen atoms in total. The zero-order valence-corrected chi connectivity index (χ0v) is 10.4. The molecule has 0 aliphatic heterocycles. The zero-order valence-electron chi connectivity index (χ0n) is 10.4. The molecule has 21 heavy (non-hydrogen) atoms. The van der Waals surface area contributed by atoms with Gasteiger partial charge in [0.2, 0.25) is 5.82 Å². The van der Waals surface area contributed by atoms with Crippen LogP contribution in [0.5, 0.6) is 0 Å².